The fourth-order valence-corrected chi connectivity index (χ4v) is 5.65. The number of methoxy groups -OCH3 is 1. The highest BCUT2D eigenvalue weighted by molar-refractivity contribution is 7.16. The maximum atomic E-state index is 12.3. The maximum Gasteiger partial charge on any atom is 0.409 e. The summed E-state index contributed by atoms with van der Waals surface area (Å²) in [6.07, 6.45) is 5.38. The van der Waals surface area contributed by atoms with Crippen molar-refractivity contribution < 1.29 is 19.1 Å². The van der Waals surface area contributed by atoms with Gasteiger partial charge in [-0.1, -0.05) is 6.07 Å². The van der Waals surface area contributed by atoms with Crippen LogP contribution in [0.3, 0.4) is 0 Å². The summed E-state index contributed by atoms with van der Waals surface area (Å²) in [5, 5.41) is 15.0. The number of rotatable bonds is 6. The number of nitrogens with one attached hydrogen (secondary N) is 1. The van der Waals surface area contributed by atoms with Crippen molar-refractivity contribution in [1.82, 2.24) is 4.90 Å². The van der Waals surface area contributed by atoms with Gasteiger partial charge in [0.15, 0.2) is 0 Å². The fourth-order valence-electron chi connectivity index (χ4n) is 3.72. The Morgan fingerprint density at radius 3 is 2.97 bits per heavy atom. The number of likely N-dealkylation sites (tertiary alicyclic amines) is 1. The molecule has 162 valence electrons. The number of thiophene rings is 2. The van der Waals surface area contributed by atoms with Crippen molar-refractivity contribution in [3.05, 3.63) is 44.5 Å². The zero-order valence-electron chi connectivity index (χ0n) is 17.1. The predicted octanol–water partition coefficient (Wildman–Crippen LogP) is 3.91. The lowest BCUT2D eigenvalue weighted by Crippen LogP contribution is -2.54. The van der Waals surface area contributed by atoms with Gasteiger partial charge in [0.2, 0.25) is 5.91 Å². The summed E-state index contributed by atoms with van der Waals surface area (Å²) in [6.45, 7) is 1.51. The quantitative estimate of drug-likeness (QED) is 0.664. The van der Waals surface area contributed by atoms with Crippen molar-refractivity contribution in [2.45, 2.75) is 25.4 Å². The summed E-state index contributed by atoms with van der Waals surface area (Å²) in [5.41, 5.74) is 1.57. The molecule has 1 saturated heterocycles. The first-order valence-corrected chi connectivity index (χ1v) is 11.8. The van der Waals surface area contributed by atoms with Gasteiger partial charge in [-0.15, -0.1) is 22.7 Å². The fraction of sp³-hybridized carbons (Fsp3) is 0.409. The van der Waals surface area contributed by atoms with E-state index in [9.17, 15) is 14.9 Å². The number of hydrogen-bond donors (Lipinski definition) is 1. The van der Waals surface area contributed by atoms with Crippen LogP contribution in [0.1, 0.15) is 27.3 Å². The first-order valence-electron chi connectivity index (χ1n) is 10.1. The number of anilines is 1. The zero-order chi connectivity index (χ0) is 21.8. The number of nitrogens with zero attached hydrogens (tertiary/aromatic N) is 2. The van der Waals surface area contributed by atoms with Crippen molar-refractivity contribution in [2.75, 3.05) is 32.1 Å². The molecule has 3 heterocycles. The minimum Gasteiger partial charge on any atom is -0.449 e. The molecule has 1 fully saturated rings. The lowest BCUT2D eigenvalue weighted by molar-refractivity contribution is -0.111. The lowest BCUT2D eigenvalue weighted by Gasteiger charge is -2.37. The standard InChI is InChI=1S/C22H23N3O4S2/c1-28-15-11-25(12-15)22(27)29-13-14-4-6-17-18(10-23)21(31-19(17)9-14)24-20(26)7-5-16-3-2-8-30-16/h2-3,5,7-8,14-15H,4,6,9,11-13H2,1H3,(H,24,26). The van der Waals surface area contributed by atoms with E-state index in [0.717, 1.165) is 34.6 Å². The molecule has 4 rings (SSSR count). The maximum absolute atomic E-state index is 12.3. The second kappa shape index (κ2) is 9.64. The third-order valence-electron chi connectivity index (χ3n) is 5.54. The van der Waals surface area contributed by atoms with E-state index in [-0.39, 0.29) is 24.0 Å². The smallest absolute Gasteiger partial charge is 0.409 e. The topological polar surface area (TPSA) is 91.7 Å². The van der Waals surface area contributed by atoms with Gasteiger partial charge >= 0.3 is 6.09 Å². The van der Waals surface area contributed by atoms with Crippen LogP contribution in [0.25, 0.3) is 6.08 Å². The molecule has 31 heavy (non-hydrogen) atoms. The molecule has 0 spiro atoms. The van der Waals surface area contributed by atoms with E-state index in [0.29, 0.717) is 30.3 Å². The summed E-state index contributed by atoms with van der Waals surface area (Å²) >= 11 is 3.00. The van der Waals surface area contributed by atoms with Crippen LogP contribution in [0.2, 0.25) is 0 Å². The molecular formula is C22H23N3O4S2. The molecule has 0 radical (unpaired) electrons. The van der Waals surface area contributed by atoms with Gasteiger partial charge in [0.05, 0.1) is 31.4 Å². The number of fused-ring (bicyclic) bond motifs is 1. The molecular weight excluding hydrogens is 434 g/mol. The molecule has 2 aromatic heterocycles. The van der Waals surface area contributed by atoms with Crippen LogP contribution >= 0.6 is 22.7 Å². The molecule has 1 unspecified atom stereocenters. The van der Waals surface area contributed by atoms with Crippen LogP contribution in [-0.4, -0.2) is 49.8 Å². The second-order valence-corrected chi connectivity index (χ2v) is 9.69. The summed E-state index contributed by atoms with van der Waals surface area (Å²) < 4.78 is 10.7. The molecule has 2 aliphatic rings. The van der Waals surface area contributed by atoms with Crippen LogP contribution in [0.5, 0.6) is 0 Å². The highest BCUT2D eigenvalue weighted by atomic mass is 32.1. The summed E-state index contributed by atoms with van der Waals surface area (Å²) in [4.78, 5) is 28.1. The average Bonchev–Trinajstić information content (AvgIpc) is 3.36. The number of carbonyl (C=O) groups is 2. The Kier molecular flexibility index (Phi) is 6.70. The lowest BCUT2D eigenvalue weighted by atomic mass is 9.88. The Labute approximate surface area is 188 Å². The number of ether oxygens (including phenoxy) is 2. The van der Waals surface area contributed by atoms with Crippen LogP contribution in [-0.2, 0) is 27.1 Å². The van der Waals surface area contributed by atoms with Gasteiger partial charge in [-0.05, 0) is 48.3 Å². The molecule has 1 aliphatic heterocycles. The molecule has 0 aromatic carbocycles. The number of carbonyl (C=O) groups excluding carboxylic acids is 2. The van der Waals surface area contributed by atoms with Crippen molar-refractivity contribution in [3.8, 4) is 6.07 Å². The Morgan fingerprint density at radius 2 is 2.26 bits per heavy atom. The predicted molar refractivity (Wildman–Crippen MR) is 120 cm³/mol. The molecule has 0 bridgehead atoms. The molecule has 9 heteroatoms. The first kappa shape index (κ1) is 21.6. The Bertz CT molecular complexity index is 1020. The van der Waals surface area contributed by atoms with Crippen LogP contribution in [0.4, 0.5) is 9.80 Å². The van der Waals surface area contributed by atoms with Crippen molar-refractivity contribution >= 4 is 45.8 Å². The average molecular weight is 458 g/mol. The third-order valence-corrected chi connectivity index (χ3v) is 7.55. The van der Waals surface area contributed by atoms with E-state index in [1.54, 1.807) is 29.4 Å². The second-order valence-electron chi connectivity index (χ2n) is 7.61. The highest BCUT2D eigenvalue weighted by Gasteiger charge is 2.33. The summed E-state index contributed by atoms with van der Waals surface area (Å²) in [7, 11) is 1.64. The largest absolute Gasteiger partial charge is 0.449 e. The van der Waals surface area contributed by atoms with Gasteiger partial charge < -0.3 is 19.7 Å². The number of hydrogen-bond acceptors (Lipinski definition) is 7. The molecule has 7 nitrogen and oxygen atoms in total. The zero-order valence-corrected chi connectivity index (χ0v) is 18.8. The minimum absolute atomic E-state index is 0.106. The Balaban J connectivity index is 1.34. The number of amides is 2. The van der Waals surface area contributed by atoms with E-state index < -0.39 is 0 Å². The van der Waals surface area contributed by atoms with Crippen molar-refractivity contribution in [2.24, 2.45) is 5.92 Å². The third kappa shape index (κ3) is 4.98. The summed E-state index contributed by atoms with van der Waals surface area (Å²) in [6, 6.07) is 6.12. The van der Waals surface area contributed by atoms with Crippen LogP contribution in [0, 0.1) is 17.2 Å². The van der Waals surface area contributed by atoms with Crippen molar-refractivity contribution in [3.63, 3.8) is 0 Å². The van der Waals surface area contributed by atoms with Gasteiger partial charge in [0, 0.05) is 22.9 Å². The van der Waals surface area contributed by atoms with Gasteiger partial charge in [0.1, 0.15) is 11.1 Å². The van der Waals surface area contributed by atoms with E-state index >= 15 is 0 Å². The van der Waals surface area contributed by atoms with Crippen LogP contribution < -0.4 is 5.32 Å². The molecule has 2 amide bonds. The molecule has 0 saturated carbocycles. The van der Waals surface area contributed by atoms with Gasteiger partial charge in [0.25, 0.3) is 0 Å². The van der Waals surface area contributed by atoms with Gasteiger partial charge in [-0.3, -0.25) is 4.79 Å². The first-order chi connectivity index (χ1) is 15.1. The number of nitriles is 1. The monoisotopic (exact) mass is 457 g/mol. The molecule has 1 N–H and O–H groups in total. The SMILES string of the molecule is COC1CN(C(=O)OCC2CCc3c(sc(NC(=O)C=Cc4cccs4)c3C#N)C2)C1. The van der Waals surface area contributed by atoms with E-state index in [1.165, 1.54) is 17.4 Å². The van der Waals surface area contributed by atoms with Gasteiger partial charge in [-0.2, -0.15) is 5.26 Å². The Hall–Kier alpha value is -2.67. The highest BCUT2D eigenvalue weighted by Crippen LogP contribution is 2.39. The normalized spacial score (nSPS) is 18.3. The molecule has 1 aliphatic carbocycles. The minimum atomic E-state index is -0.298. The molecule has 1 atom stereocenters. The van der Waals surface area contributed by atoms with E-state index in [1.807, 2.05) is 17.5 Å². The van der Waals surface area contributed by atoms with Crippen molar-refractivity contribution in [1.29, 1.82) is 5.26 Å². The molecule has 2 aromatic rings. The van der Waals surface area contributed by atoms with E-state index in [4.69, 9.17) is 9.47 Å². The van der Waals surface area contributed by atoms with Gasteiger partial charge in [-0.25, -0.2) is 4.79 Å². The Morgan fingerprint density at radius 1 is 1.42 bits per heavy atom. The van der Waals surface area contributed by atoms with Crippen LogP contribution in [0.15, 0.2) is 23.6 Å². The van der Waals surface area contributed by atoms with E-state index in [2.05, 4.69) is 11.4 Å². The summed E-state index contributed by atoms with van der Waals surface area (Å²) in [5.74, 6) is -0.0405.